The number of nitrogens with zero attached hydrogens (tertiary/aromatic N) is 5. The van der Waals surface area contributed by atoms with E-state index in [1.807, 2.05) is 24.4 Å². The Labute approximate surface area is 180 Å². The zero-order valence-corrected chi connectivity index (χ0v) is 17.9. The van der Waals surface area contributed by atoms with Crippen molar-refractivity contribution in [2.75, 3.05) is 6.54 Å². The molecule has 1 aliphatic carbocycles. The van der Waals surface area contributed by atoms with Gasteiger partial charge in [-0.05, 0) is 55.9 Å². The number of hydrogen-bond donors (Lipinski definition) is 1. The maximum absolute atomic E-state index is 12.6. The van der Waals surface area contributed by atoms with E-state index < -0.39 is 0 Å². The van der Waals surface area contributed by atoms with Gasteiger partial charge in [0.1, 0.15) is 0 Å². The zero-order valence-electron chi connectivity index (χ0n) is 17.2. The molecule has 1 aliphatic rings. The lowest BCUT2D eigenvalue weighted by Crippen LogP contribution is -2.41. The Morgan fingerprint density at radius 3 is 2.73 bits per heavy atom. The van der Waals surface area contributed by atoms with Gasteiger partial charge in [-0.3, -0.25) is 4.79 Å². The van der Waals surface area contributed by atoms with Gasteiger partial charge >= 0.3 is 0 Å². The van der Waals surface area contributed by atoms with E-state index >= 15 is 0 Å². The highest BCUT2D eigenvalue weighted by Crippen LogP contribution is 2.42. The maximum atomic E-state index is 12.6. The first-order valence-corrected chi connectivity index (χ1v) is 10.9. The minimum atomic E-state index is -0.108. The Hall–Kier alpha value is -2.51. The molecule has 158 valence electrons. The quantitative estimate of drug-likeness (QED) is 0.651. The Morgan fingerprint density at radius 1 is 1.23 bits per heavy atom. The van der Waals surface area contributed by atoms with Crippen molar-refractivity contribution < 1.29 is 0 Å². The highest BCUT2D eigenvalue weighted by molar-refractivity contribution is 6.30. The van der Waals surface area contributed by atoms with E-state index in [0.29, 0.717) is 12.4 Å². The molecule has 4 rings (SSSR count). The molecule has 1 aromatic carbocycles. The largest absolute Gasteiger partial charge is 0.330 e. The summed E-state index contributed by atoms with van der Waals surface area (Å²) in [6.07, 6.45) is 7.18. The van der Waals surface area contributed by atoms with Crippen molar-refractivity contribution in [1.29, 1.82) is 0 Å². The number of hydrogen-bond acceptors (Lipinski definition) is 5. The van der Waals surface area contributed by atoms with Crippen LogP contribution in [-0.2, 0) is 11.8 Å². The molecule has 30 heavy (non-hydrogen) atoms. The summed E-state index contributed by atoms with van der Waals surface area (Å²) < 4.78 is 3.24. The molecule has 0 radical (unpaired) electrons. The first kappa shape index (κ1) is 20.8. The molecule has 0 bridgehead atoms. The summed E-state index contributed by atoms with van der Waals surface area (Å²) in [6.45, 7) is 2.66. The van der Waals surface area contributed by atoms with E-state index in [0.717, 1.165) is 49.2 Å². The molecular formula is C22H27ClN6O. The topological polar surface area (TPSA) is 91.6 Å². The molecule has 3 aromatic rings. The van der Waals surface area contributed by atoms with Gasteiger partial charge in [0.25, 0.3) is 5.56 Å². The molecule has 8 heteroatoms. The molecule has 2 aromatic heterocycles. The van der Waals surface area contributed by atoms with Gasteiger partial charge in [-0.25, -0.2) is 9.36 Å². The van der Waals surface area contributed by atoms with Gasteiger partial charge in [0.05, 0.1) is 17.9 Å². The third kappa shape index (κ3) is 4.04. The lowest BCUT2D eigenvalue weighted by atomic mass is 9.68. The predicted molar refractivity (Wildman–Crippen MR) is 117 cm³/mol. The van der Waals surface area contributed by atoms with E-state index in [2.05, 4.69) is 28.4 Å². The van der Waals surface area contributed by atoms with Crippen LogP contribution in [0.2, 0.25) is 5.02 Å². The molecule has 2 heterocycles. The van der Waals surface area contributed by atoms with Crippen molar-refractivity contribution in [1.82, 2.24) is 24.8 Å². The van der Waals surface area contributed by atoms with Crippen LogP contribution in [0.1, 0.15) is 56.3 Å². The number of aryl methyl sites for hydroxylation is 1. The fourth-order valence-corrected chi connectivity index (χ4v) is 4.60. The third-order valence-electron chi connectivity index (χ3n) is 6.18. The molecule has 0 unspecified atom stereocenters. The van der Waals surface area contributed by atoms with Gasteiger partial charge < -0.3 is 5.73 Å². The van der Waals surface area contributed by atoms with Gasteiger partial charge in [0.15, 0.2) is 5.82 Å². The van der Waals surface area contributed by atoms with Gasteiger partial charge in [0, 0.05) is 23.0 Å². The lowest BCUT2D eigenvalue weighted by Gasteiger charge is -2.40. The highest BCUT2D eigenvalue weighted by Gasteiger charge is 2.37. The van der Waals surface area contributed by atoms with Crippen LogP contribution in [-0.4, -0.2) is 31.3 Å². The third-order valence-corrected chi connectivity index (χ3v) is 6.41. The Kier molecular flexibility index (Phi) is 6.01. The van der Waals surface area contributed by atoms with Crippen LogP contribution in [0.5, 0.6) is 0 Å². The van der Waals surface area contributed by atoms with Crippen LogP contribution in [0.3, 0.4) is 0 Å². The Bertz CT molecular complexity index is 1070. The predicted octanol–water partition coefficient (Wildman–Crippen LogP) is 3.44. The molecule has 0 saturated heterocycles. The molecule has 2 N–H and O–H groups in total. The zero-order chi connectivity index (χ0) is 21.1. The maximum Gasteiger partial charge on any atom is 0.267 e. The molecule has 0 atom stereocenters. The molecule has 7 nitrogen and oxygen atoms in total. The molecule has 0 spiro atoms. The van der Waals surface area contributed by atoms with Crippen molar-refractivity contribution in [3.8, 4) is 5.82 Å². The fourth-order valence-electron chi connectivity index (χ4n) is 4.41. The summed E-state index contributed by atoms with van der Waals surface area (Å²) in [6, 6.07) is 11.3. The number of benzene rings is 1. The number of rotatable bonds is 6. The van der Waals surface area contributed by atoms with Gasteiger partial charge in [-0.15, -0.1) is 10.2 Å². The van der Waals surface area contributed by atoms with E-state index in [4.69, 9.17) is 17.3 Å². The first-order chi connectivity index (χ1) is 14.5. The van der Waals surface area contributed by atoms with Crippen LogP contribution in [0.4, 0.5) is 0 Å². The SMILES string of the molecule is CCCc1cn(-c2ccc(=O)n([C@H]3CC[C@](CN)(c4cccc(Cl)c4)CC3)n2)nn1. The highest BCUT2D eigenvalue weighted by atomic mass is 35.5. The van der Waals surface area contributed by atoms with Crippen molar-refractivity contribution in [2.24, 2.45) is 5.73 Å². The molecular weight excluding hydrogens is 400 g/mol. The fraction of sp³-hybridized carbons (Fsp3) is 0.455. The van der Waals surface area contributed by atoms with E-state index in [9.17, 15) is 4.79 Å². The average molecular weight is 427 g/mol. The smallest absolute Gasteiger partial charge is 0.267 e. The van der Waals surface area contributed by atoms with E-state index in [1.165, 1.54) is 5.56 Å². The molecule has 0 amide bonds. The summed E-state index contributed by atoms with van der Waals surface area (Å²) >= 11 is 6.22. The second-order valence-electron chi connectivity index (χ2n) is 8.10. The number of aromatic nitrogens is 5. The van der Waals surface area contributed by atoms with Gasteiger partial charge in [-0.1, -0.05) is 42.3 Å². The number of halogens is 1. The van der Waals surface area contributed by atoms with E-state index in [1.54, 1.807) is 21.5 Å². The van der Waals surface area contributed by atoms with Crippen LogP contribution in [0.15, 0.2) is 47.4 Å². The minimum absolute atomic E-state index is 0.0370. The first-order valence-electron chi connectivity index (χ1n) is 10.5. The summed E-state index contributed by atoms with van der Waals surface area (Å²) in [5.41, 5.74) is 8.11. The summed E-state index contributed by atoms with van der Waals surface area (Å²) in [4.78, 5) is 12.6. The van der Waals surface area contributed by atoms with Gasteiger partial charge in [-0.2, -0.15) is 0 Å². The second kappa shape index (κ2) is 8.70. The van der Waals surface area contributed by atoms with Crippen LogP contribution in [0, 0.1) is 0 Å². The van der Waals surface area contributed by atoms with Gasteiger partial charge in [0.2, 0.25) is 0 Å². The normalized spacial score (nSPS) is 21.6. The number of nitrogens with two attached hydrogens (primary N) is 1. The Balaban J connectivity index is 1.56. The van der Waals surface area contributed by atoms with E-state index in [-0.39, 0.29) is 17.0 Å². The second-order valence-corrected chi connectivity index (χ2v) is 8.54. The van der Waals surface area contributed by atoms with Crippen molar-refractivity contribution in [3.05, 3.63) is 69.2 Å². The summed E-state index contributed by atoms with van der Waals surface area (Å²) in [7, 11) is 0. The molecule has 1 fully saturated rings. The van der Waals surface area contributed by atoms with Crippen molar-refractivity contribution >= 4 is 11.6 Å². The summed E-state index contributed by atoms with van der Waals surface area (Å²) in [5, 5.41) is 13.7. The Morgan fingerprint density at radius 2 is 2.03 bits per heavy atom. The van der Waals surface area contributed by atoms with Crippen molar-refractivity contribution in [3.63, 3.8) is 0 Å². The van der Waals surface area contributed by atoms with Crippen LogP contribution >= 0.6 is 11.6 Å². The monoisotopic (exact) mass is 426 g/mol. The lowest BCUT2D eigenvalue weighted by molar-refractivity contribution is 0.221. The average Bonchev–Trinajstić information content (AvgIpc) is 3.23. The molecule has 0 aliphatic heterocycles. The standard InChI is InChI=1S/C22H27ClN6O/c1-2-4-18-14-28(27-25-18)20-7-8-21(30)29(26-20)19-9-11-22(15-24,12-10-19)16-5-3-6-17(23)13-16/h3,5-8,13-14,19H,2,4,9-12,15,24H2,1H3/t19-,22-. The molecule has 1 saturated carbocycles. The summed E-state index contributed by atoms with van der Waals surface area (Å²) in [5.74, 6) is 0.606. The minimum Gasteiger partial charge on any atom is -0.330 e. The van der Waals surface area contributed by atoms with Crippen LogP contribution < -0.4 is 11.3 Å². The van der Waals surface area contributed by atoms with Crippen molar-refractivity contribution in [2.45, 2.75) is 56.9 Å². The van der Waals surface area contributed by atoms with Crippen LogP contribution in [0.25, 0.3) is 5.82 Å².